The number of nitrogens with one attached hydrogen (secondary N) is 1. The van der Waals surface area contributed by atoms with E-state index in [1.165, 1.54) is 11.3 Å². The molecule has 0 saturated heterocycles. The lowest BCUT2D eigenvalue weighted by molar-refractivity contribution is 0.173. The fourth-order valence-electron chi connectivity index (χ4n) is 2.19. The fraction of sp³-hybridized carbons (Fsp3) is 0.133. The van der Waals surface area contributed by atoms with Crippen LogP contribution in [0.1, 0.15) is 5.56 Å². The smallest absolute Gasteiger partial charge is 0.231 e. The summed E-state index contributed by atoms with van der Waals surface area (Å²) in [5, 5.41) is 13.1. The second kappa shape index (κ2) is 5.61. The van der Waals surface area contributed by atoms with Crippen molar-refractivity contribution in [2.45, 2.75) is 6.54 Å². The van der Waals surface area contributed by atoms with Gasteiger partial charge in [0.2, 0.25) is 11.9 Å². The Morgan fingerprint density at radius 2 is 2.09 bits per heavy atom. The summed E-state index contributed by atoms with van der Waals surface area (Å²) in [6, 6.07) is 11.6. The van der Waals surface area contributed by atoms with E-state index in [9.17, 15) is 0 Å². The van der Waals surface area contributed by atoms with Gasteiger partial charge in [0.15, 0.2) is 16.5 Å². The molecular weight excluding hydrogens is 300 g/mol. The molecule has 1 aliphatic heterocycles. The normalized spacial score (nSPS) is 12.4. The largest absolute Gasteiger partial charge is 0.454 e. The van der Waals surface area contributed by atoms with Crippen LogP contribution in [0.25, 0.3) is 10.7 Å². The van der Waals surface area contributed by atoms with Gasteiger partial charge in [-0.3, -0.25) is 4.98 Å². The highest BCUT2D eigenvalue weighted by atomic mass is 32.1. The number of hydrogen-bond donors (Lipinski definition) is 1. The predicted octanol–water partition coefficient (Wildman–Crippen LogP) is 2.94. The third kappa shape index (κ3) is 2.46. The van der Waals surface area contributed by atoms with Crippen molar-refractivity contribution in [3.63, 3.8) is 0 Å². The first-order valence-electron chi connectivity index (χ1n) is 6.76. The molecule has 0 amide bonds. The number of para-hydroxylation sites is 1. The summed E-state index contributed by atoms with van der Waals surface area (Å²) in [4.78, 5) is 4.27. The highest BCUT2D eigenvalue weighted by Crippen LogP contribution is 2.35. The van der Waals surface area contributed by atoms with Crippen LogP contribution in [0.2, 0.25) is 0 Å². The Bertz CT molecular complexity index is 791. The molecule has 7 heteroatoms. The van der Waals surface area contributed by atoms with E-state index in [0.717, 1.165) is 32.9 Å². The minimum Gasteiger partial charge on any atom is -0.454 e. The van der Waals surface area contributed by atoms with Gasteiger partial charge in [0, 0.05) is 18.3 Å². The Morgan fingerprint density at radius 3 is 3.00 bits per heavy atom. The van der Waals surface area contributed by atoms with Crippen LogP contribution in [0.15, 0.2) is 42.6 Å². The highest BCUT2D eigenvalue weighted by molar-refractivity contribution is 7.18. The number of fused-ring (bicyclic) bond motifs is 1. The van der Waals surface area contributed by atoms with Crippen LogP contribution in [0.5, 0.6) is 11.5 Å². The maximum absolute atomic E-state index is 5.49. The van der Waals surface area contributed by atoms with Crippen molar-refractivity contribution in [3.8, 4) is 22.2 Å². The number of hydrogen-bond acceptors (Lipinski definition) is 7. The van der Waals surface area contributed by atoms with E-state index in [1.54, 1.807) is 6.20 Å². The number of rotatable bonds is 4. The van der Waals surface area contributed by atoms with Crippen LogP contribution in [0, 0.1) is 0 Å². The fourth-order valence-corrected chi connectivity index (χ4v) is 2.90. The Morgan fingerprint density at radius 1 is 1.09 bits per heavy atom. The molecule has 2 aromatic heterocycles. The Labute approximate surface area is 130 Å². The molecule has 3 aromatic rings. The van der Waals surface area contributed by atoms with Gasteiger partial charge in [-0.2, -0.15) is 0 Å². The number of ether oxygens (including phenoxy) is 2. The molecule has 0 radical (unpaired) electrons. The van der Waals surface area contributed by atoms with Gasteiger partial charge < -0.3 is 14.8 Å². The van der Waals surface area contributed by atoms with Gasteiger partial charge in [0.05, 0.1) is 0 Å². The molecule has 22 heavy (non-hydrogen) atoms. The molecule has 110 valence electrons. The van der Waals surface area contributed by atoms with Crippen LogP contribution in [0.4, 0.5) is 5.13 Å². The molecule has 0 fully saturated rings. The van der Waals surface area contributed by atoms with E-state index in [4.69, 9.17) is 9.47 Å². The van der Waals surface area contributed by atoms with Crippen molar-refractivity contribution in [3.05, 3.63) is 48.2 Å². The number of nitrogens with zero attached hydrogens (tertiary/aromatic N) is 3. The van der Waals surface area contributed by atoms with Crippen LogP contribution in [-0.4, -0.2) is 22.0 Å². The van der Waals surface area contributed by atoms with Gasteiger partial charge in [0.1, 0.15) is 5.69 Å². The molecule has 4 rings (SSSR count). The summed E-state index contributed by atoms with van der Waals surface area (Å²) < 4.78 is 10.9. The number of anilines is 1. The van der Waals surface area contributed by atoms with Crippen molar-refractivity contribution in [2.75, 3.05) is 12.1 Å². The van der Waals surface area contributed by atoms with Crippen LogP contribution >= 0.6 is 11.3 Å². The zero-order valence-corrected chi connectivity index (χ0v) is 12.3. The lowest BCUT2D eigenvalue weighted by Gasteiger charge is -2.05. The van der Waals surface area contributed by atoms with Gasteiger partial charge in [0.25, 0.3) is 0 Å². The van der Waals surface area contributed by atoms with Crippen molar-refractivity contribution in [1.29, 1.82) is 0 Å². The average Bonchev–Trinajstić information content (AvgIpc) is 3.23. The monoisotopic (exact) mass is 312 g/mol. The van der Waals surface area contributed by atoms with Gasteiger partial charge in [-0.1, -0.05) is 29.5 Å². The summed E-state index contributed by atoms with van der Waals surface area (Å²) in [5.41, 5.74) is 1.86. The van der Waals surface area contributed by atoms with Crippen LogP contribution < -0.4 is 14.8 Å². The van der Waals surface area contributed by atoms with E-state index < -0.39 is 0 Å². The molecule has 1 aromatic carbocycles. The van der Waals surface area contributed by atoms with Gasteiger partial charge in [-0.15, -0.1) is 10.2 Å². The summed E-state index contributed by atoms with van der Waals surface area (Å²) in [5.74, 6) is 1.58. The zero-order chi connectivity index (χ0) is 14.8. The summed E-state index contributed by atoms with van der Waals surface area (Å²) in [6.45, 7) is 0.873. The molecule has 1 N–H and O–H groups in total. The van der Waals surface area contributed by atoms with E-state index in [1.807, 2.05) is 36.4 Å². The van der Waals surface area contributed by atoms with E-state index in [-0.39, 0.29) is 6.79 Å². The molecule has 0 bridgehead atoms. The molecule has 0 saturated carbocycles. The molecular formula is C15H12N4O2S. The first-order valence-corrected chi connectivity index (χ1v) is 7.58. The SMILES string of the molecule is c1ccc(-c2nnc(NCc3cccc4c3OCO4)s2)nc1. The molecule has 6 nitrogen and oxygen atoms in total. The number of pyridine rings is 1. The van der Waals surface area contributed by atoms with Crippen molar-refractivity contribution < 1.29 is 9.47 Å². The number of aromatic nitrogens is 3. The van der Waals surface area contributed by atoms with Gasteiger partial charge >= 0.3 is 0 Å². The molecule has 0 aliphatic carbocycles. The lowest BCUT2D eigenvalue weighted by Crippen LogP contribution is -2.00. The molecule has 3 heterocycles. The zero-order valence-electron chi connectivity index (χ0n) is 11.5. The Balaban J connectivity index is 1.49. The molecule has 0 atom stereocenters. The van der Waals surface area contributed by atoms with Gasteiger partial charge in [-0.05, 0) is 18.2 Å². The second-order valence-corrected chi connectivity index (χ2v) is 5.61. The standard InChI is InChI=1S/C15H12N4O2S/c1-2-7-16-11(5-1)14-18-19-15(22-14)17-8-10-4-3-6-12-13(10)21-9-20-12/h1-7H,8-9H2,(H,17,19). The van der Waals surface area contributed by atoms with E-state index >= 15 is 0 Å². The third-order valence-electron chi connectivity index (χ3n) is 3.22. The Hall–Kier alpha value is -2.67. The van der Waals surface area contributed by atoms with Crippen LogP contribution in [-0.2, 0) is 6.54 Å². The number of benzene rings is 1. The molecule has 0 unspecified atom stereocenters. The summed E-state index contributed by atoms with van der Waals surface area (Å²) in [6.07, 6.45) is 1.74. The van der Waals surface area contributed by atoms with E-state index in [2.05, 4.69) is 20.5 Å². The first-order chi connectivity index (χ1) is 10.9. The van der Waals surface area contributed by atoms with Gasteiger partial charge in [-0.25, -0.2) is 0 Å². The minimum absolute atomic E-state index is 0.273. The van der Waals surface area contributed by atoms with Crippen molar-refractivity contribution >= 4 is 16.5 Å². The minimum atomic E-state index is 0.273. The maximum atomic E-state index is 5.49. The molecule has 0 spiro atoms. The van der Waals surface area contributed by atoms with Crippen molar-refractivity contribution in [1.82, 2.24) is 15.2 Å². The third-order valence-corrected chi connectivity index (χ3v) is 4.12. The van der Waals surface area contributed by atoms with Crippen LogP contribution in [0.3, 0.4) is 0 Å². The second-order valence-electron chi connectivity index (χ2n) is 4.63. The quantitative estimate of drug-likeness (QED) is 0.799. The van der Waals surface area contributed by atoms with E-state index in [0.29, 0.717) is 6.54 Å². The maximum Gasteiger partial charge on any atom is 0.231 e. The average molecular weight is 312 g/mol. The Kier molecular flexibility index (Phi) is 3.32. The summed E-state index contributed by atoms with van der Waals surface area (Å²) in [7, 11) is 0. The predicted molar refractivity (Wildman–Crippen MR) is 83.0 cm³/mol. The first kappa shape index (κ1) is 13.0. The topological polar surface area (TPSA) is 69.2 Å². The lowest BCUT2D eigenvalue weighted by atomic mass is 10.2. The highest BCUT2D eigenvalue weighted by Gasteiger charge is 2.17. The molecule has 1 aliphatic rings. The van der Waals surface area contributed by atoms with Crippen molar-refractivity contribution in [2.24, 2.45) is 0 Å². The summed E-state index contributed by atoms with van der Waals surface area (Å²) >= 11 is 1.47.